The summed E-state index contributed by atoms with van der Waals surface area (Å²) in [6.07, 6.45) is -1.48. The van der Waals surface area contributed by atoms with Gasteiger partial charge in [-0.25, -0.2) is 30.9 Å². The Morgan fingerprint density at radius 3 is 2.50 bits per heavy atom. The molecule has 3 N–H and O–H groups in total. The van der Waals surface area contributed by atoms with Crippen molar-refractivity contribution in [2.24, 2.45) is 0 Å². The molecule has 0 fully saturated rings. The number of carbonyl (C=O) groups excluding carboxylic acids is 1. The number of aromatic nitrogens is 3. The second kappa shape index (κ2) is 8.69. The van der Waals surface area contributed by atoms with Crippen LogP contribution < -0.4 is 11.1 Å². The zero-order valence-electron chi connectivity index (χ0n) is 17.1. The van der Waals surface area contributed by atoms with Crippen molar-refractivity contribution >= 4 is 17.5 Å². The fourth-order valence-electron chi connectivity index (χ4n) is 3.30. The van der Waals surface area contributed by atoms with E-state index in [1.807, 2.05) is 0 Å². The average Bonchev–Trinajstić information content (AvgIpc) is 3.17. The van der Waals surface area contributed by atoms with Gasteiger partial charge in [-0.05, 0) is 47.5 Å². The number of alkyl halides is 3. The Kier molecular flexibility index (Phi) is 5.90. The van der Waals surface area contributed by atoms with Crippen molar-refractivity contribution in [3.63, 3.8) is 0 Å². The molecule has 6 nitrogen and oxygen atoms in total. The molecule has 0 spiro atoms. The number of anilines is 1. The van der Waals surface area contributed by atoms with Crippen LogP contribution in [0.2, 0.25) is 0 Å². The van der Waals surface area contributed by atoms with Crippen molar-refractivity contribution in [3.05, 3.63) is 83.3 Å². The molecule has 1 amide bonds. The Bertz CT molecular complexity index is 1370. The van der Waals surface area contributed by atoms with Crippen LogP contribution in [0, 0.1) is 17.5 Å². The molecule has 2 aromatic heterocycles. The summed E-state index contributed by atoms with van der Waals surface area (Å²) in [4.78, 5) is 16.3. The quantitative estimate of drug-likeness (QED) is 0.400. The summed E-state index contributed by atoms with van der Waals surface area (Å²) >= 11 is 0. The number of halogens is 6. The van der Waals surface area contributed by atoms with Gasteiger partial charge in [0.15, 0.2) is 11.8 Å². The van der Waals surface area contributed by atoms with Gasteiger partial charge in [0.05, 0.1) is 6.54 Å². The van der Waals surface area contributed by atoms with Gasteiger partial charge in [0.1, 0.15) is 23.0 Å². The van der Waals surface area contributed by atoms with Gasteiger partial charge in [-0.1, -0.05) is 12.1 Å². The van der Waals surface area contributed by atoms with Crippen molar-refractivity contribution in [3.8, 4) is 11.1 Å². The lowest BCUT2D eigenvalue weighted by Gasteiger charge is -2.21. The lowest BCUT2D eigenvalue weighted by Crippen LogP contribution is -2.40. The highest BCUT2D eigenvalue weighted by Crippen LogP contribution is 2.35. The summed E-state index contributed by atoms with van der Waals surface area (Å²) in [6.45, 7) is -1.56. The Morgan fingerprint density at radius 1 is 1.09 bits per heavy atom. The second-order valence-electron chi connectivity index (χ2n) is 7.33. The molecule has 0 saturated carbocycles. The number of nitrogens with zero attached hydrogens (tertiary/aromatic N) is 3. The number of benzene rings is 2. The highest BCUT2D eigenvalue weighted by atomic mass is 19.3. The van der Waals surface area contributed by atoms with E-state index in [4.69, 9.17) is 5.73 Å². The average molecular weight is 479 g/mol. The normalized spacial score (nSPS) is 12.6. The smallest absolute Gasteiger partial charge is 0.299 e. The summed E-state index contributed by atoms with van der Waals surface area (Å²) in [7, 11) is 0. The number of hydrogen-bond acceptors (Lipinski definition) is 4. The van der Waals surface area contributed by atoms with E-state index >= 15 is 4.39 Å². The molecule has 0 aliphatic rings. The van der Waals surface area contributed by atoms with Crippen molar-refractivity contribution in [2.45, 2.75) is 12.1 Å². The first kappa shape index (κ1) is 23.1. The fourth-order valence-corrected chi connectivity index (χ4v) is 3.30. The van der Waals surface area contributed by atoms with Gasteiger partial charge in [-0.2, -0.15) is 4.98 Å². The first-order valence-corrected chi connectivity index (χ1v) is 9.72. The van der Waals surface area contributed by atoms with Crippen LogP contribution in [-0.2, 0) is 0 Å². The molecule has 0 saturated heterocycles. The maximum Gasteiger partial charge on any atom is 0.299 e. The first-order chi connectivity index (χ1) is 16.1. The van der Waals surface area contributed by atoms with Gasteiger partial charge >= 0.3 is 0 Å². The first-order valence-electron chi connectivity index (χ1n) is 9.72. The van der Waals surface area contributed by atoms with E-state index in [1.165, 1.54) is 22.8 Å². The minimum absolute atomic E-state index is 0.0375. The molecule has 2 aromatic carbocycles. The third-order valence-electron chi connectivity index (χ3n) is 5.00. The summed E-state index contributed by atoms with van der Waals surface area (Å²) in [6, 6.07) is 7.92. The highest BCUT2D eigenvalue weighted by Gasteiger charge is 2.42. The molecule has 0 bridgehead atoms. The number of nitrogens with two attached hydrogens (primary N) is 1. The van der Waals surface area contributed by atoms with Crippen LogP contribution in [0.1, 0.15) is 22.1 Å². The molecule has 0 unspecified atom stereocenters. The standard InChI is InChI=1S/C22H15F6N5O/c23-13-3-1-11(2-4-13)19(26)22(27,28)10-30-20(34)17-15(24)6-5-14(18(17)25)12-7-8-33-16(9-12)31-21(29)32-33/h1-9,19H,10H2,(H2,29,32)(H,30,34)/t19-/m1/s1. The summed E-state index contributed by atoms with van der Waals surface area (Å²) in [5.41, 5.74) is 4.09. The van der Waals surface area contributed by atoms with Crippen LogP contribution in [0.25, 0.3) is 16.8 Å². The number of rotatable bonds is 6. The number of hydrogen-bond donors (Lipinski definition) is 2. The zero-order valence-corrected chi connectivity index (χ0v) is 17.1. The highest BCUT2D eigenvalue weighted by molar-refractivity contribution is 5.96. The third kappa shape index (κ3) is 4.38. The van der Waals surface area contributed by atoms with Gasteiger partial charge in [-0.15, -0.1) is 5.10 Å². The molecule has 0 aliphatic carbocycles. The number of nitrogens with one attached hydrogen (secondary N) is 1. The SMILES string of the molecule is Nc1nc2cc(-c3ccc(F)c(C(=O)NCC(F)(F)[C@H](F)c4ccc(F)cc4)c3F)ccn2n1. The molecule has 4 rings (SSSR count). The predicted octanol–water partition coefficient (Wildman–Crippen LogP) is 4.47. The second-order valence-corrected chi connectivity index (χ2v) is 7.33. The molecule has 0 aliphatic heterocycles. The van der Waals surface area contributed by atoms with E-state index in [2.05, 4.69) is 10.1 Å². The van der Waals surface area contributed by atoms with Gasteiger partial charge in [0.2, 0.25) is 5.95 Å². The summed E-state index contributed by atoms with van der Waals surface area (Å²) in [5, 5.41) is 5.53. The van der Waals surface area contributed by atoms with Gasteiger partial charge in [0.25, 0.3) is 11.8 Å². The van der Waals surface area contributed by atoms with E-state index in [0.717, 1.165) is 36.4 Å². The van der Waals surface area contributed by atoms with E-state index in [-0.39, 0.29) is 22.7 Å². The number of fused-ring (bicyclic) bond motifs is 1. The van der Waals surface area contributed by atoms with Gasteiger partial charge in [0, 0.05) is 11.8 Å². The number of amides is 1. The Balaban J connectivity index is 1.57. The van der Waals surface area contributed by atoms with E-state index in [0.29, 0.717) is 0 Å². The zero-order chi connectivity index (χ0) is 24.6. The number of carbonyl (C=O) groups is 1. The molecule has 2 heterocycles. The molecular weight excluding hydrogens is 464 g/mol. The number of pyridine rings is 1. The van der Waals surface area contributed by atoms with Crippen LogP contribution in [0.3, 0.4) is 0 Å². The van der Waals surface area contributed by atoms with Crippen molar-refractivity contribution < 1.29 is 31.1 Å². The maximum absolute atomic E-state index is 15.1. The maximum atomic E-state index is 15.1. The lowest BCUT2D eigenvalue weighted by atomic mass is 10.0. The molecule has 12 heteroatoms. The van der Waals surface area contributed by atoms with Crippen LogP contribution in [0.5, 0.6) is 0 Å². The van der Waals surface area contributed by atoms with Crippen molar-refractivity contribution in [1.29, 1.82) is 0 Å². The van der Waals surface area contributed by atoms with E-state index in [1.54, 1.807) is 5.32 Å². The minimum Gasteiger partial charge on any atom is -0.366 e. The molecule has 0 radical (unpaired) electrons. The lowest BCUT2D eigenvalue weighted by molar-refractivity contribution is -0.0701. The fraction of sp³-hybridized carbons (Fsp3) is 0.136. The Hall–Kier alpha value is -4.09. The minimum atomic E-state index is -4.14. The van der Waals surface area contributed by atoms with Crippen LogP contribution in [0.15, 0.2) is 54.7 Å². The molecule has 34 heavy (non-hydrogen) atoms. The van der Waals surface area contributed by atoms with Gasteiger partial charge < -0.3 is 11.1 Å². The van der Waals surface area contributed by atoms with E-state index < -0.39 is 53.1 Å². The van der Waals surface area contributed by atoms with Gasteiger partial charge in [-0.3, -0.25) is 4.79 Å². The van der Waals surface area contributed by atoms with Crippen molar-refractivity contribution in [1.82, 2.24) is 19.9 Å². The number of nitrogen functional groups attached to an aromatic ring is 1. The Morgan fingerprint density at radius 2 is 1.79 bits per heavy atom. The topological polar surface area (TPSA) is 85.3 Å². The Labute approximate surface area is 188 Å². The van der Waals surface area contributed by atoms with Crippen LogP contribution in [0.4, 0.5) is 32.3 Å². The molecule has 176 valence electrons. The summed E-state index contributed by atoms with van der Waals surface area (Å²) < 4.78 is 86.5. The molecule has 1 atom stereocenters. The third-order valence-corrected chi connectivity index (χ3v) is 5.00. The molecule has 4 aromatic rings. The summed E-state index contributed by atoms with van der Waals surface area (Å²) in [5.74, 6) is -9.04. The van der Waals surface area contributed by atoms with Crippen molar-refractivity contribution in [2.75, 3.05) is 12.3 Å². The van der Waals surface area contributed by atoms with E-state index in [9.17, 15) is 26.7 Å². The van der Waals surface area contributed by atoms with Crippen LogP contribution in [-0.4, -0.2) is 33.0 Å². The predicted molar refractivity (Wildman–Crippen MR) is 110 cm³/mol. The van der Waals surface area contributed by atoms with Crippen LogP contribution >= 0.6 is 0 Å². The largest absolute Gasteiger partial charge is 0.366 e. The monoisotopic (exact) mass is 479 g/mol. The molecular formula is C22H15F6N5O.